The normalized spacial score (nSPS) is 13.0. The monoisotopic (exact) mass is 326 g/mol. The van der Waals surface area contributed by atoms with Crippen LogP contribution in [0.4, 0.5) is 0 Å². The molecule has 1 unspecified atom stereocenters. The molecule has 0 saturated heterocycles. The fourth-order valence-corrected chi connectivity index (χ4v) is 2.24. The fourth-order valence-electron chi connectivity index (χ4n) is 1.80. The molecule has 1 nitrogen and oxygen atoms in total. The molecule has 0 fully saturated rings. The van der Waals surface area contributed by atoms with Gasteiger partial charge in [0.1, 0.15) is 4.11 Å². The van der Waals surface area contributed by atoms with Crippen LogP contribution in [0.3, 0.4) is 0 Å². The topological polar surface area (TPSA) is 20.2 Å². The van der Waals surface area contributed by atoms with Crippen LogP contribution in [0.1, 0.15) is 77.6 Å². The van der Waals surface area contributed by atoms with Gasteiger partial charge in [-0.1, -0.05) is 93.7 Å². The second-order valence-corrected chi connectivity index (χ2v) is 5.84. The SMILES string of the molecule is CCCCCCCCCCCCC(O)I. The van der Waals surface area contributed by atoms with Crippen LogP contribution in [0.15, 0.2) is 0 Å². The van der Waals surface area contributed by atoms with Gasteiger partial charge in [-0.05, 0) is 6.42 Å². The van der Waals surface area contributed by atoms with E-state index in [0.717, 1.165) is 6.42 Å². The number of halogens is 1. The largest absolute Gasteiger partial charge is 0.383 e. The van der Waals surface area contributed by atoms with E-state index in [1.807, 2.05) is 0 Å². The van der Waals surface area contributed by atoms with Crippen LogP contribution in [0.5, 0.6) is 0 Å². The lowest BCUT2D eigenvalue weighted by Gasteiger charge is -2.03. The molecule has 0 saturated carbocycles. The highest BCUT2D eigenvalue weighted by Gasteiger charge is 1.96. The van der Waals surface area contributed by atoms with E-state index in [-0.39, 0.29) is 4.11 Å². The maximum Gasteiger partial charge on any atom is 0.105 e. The summed E-state index contributed by atoms with van der Waals surface area (Å²) >= 11 is 2.09. The predicted octanol–water partition coefficient (Wildman–Crippen LogP) is 5.05. The Bertz CT molecular complexity index is 115. The summed E-state index contributed by atoms with van der Waals surface area (Å²) in [6.45, 7) is 2.27. The summed E-state index contributed by atoms with van der Waals surface area (Å²) in [4.78, 5) is 0. The number of hydrogen-bond acceptors (Lipinski definition) is 1. The van der Waals surface area contributed by atoms with Crippen LogP contribution in [0.2, 0.25) is 0 Å². The van der Waals surface area contributed by atoms with E-state index >= 15 is 0 Å². The van der Waals surface area contributed by atoms with Gasteiger partial charge in [0, 0.05) is 0 Å². The molecule has 0 aromatic carbocycles. The molecule has 0 radical (unpaired) electrons. The molecule has 0 heterocycles. The first-order chi connectivity index (χ1) is 7.27. The Labute approximate surface area is 109 Å². The van der Waals surface area contributed by atoms with E-state index in [2.05, 4.69) is 29.5 Å². The molecule has 92 valence electrons. The van der Waals surface area contributed by atoms with Crippen molar-refractivity contribution in [2.45, 2.75) is 81.7 Å². The van der Waals surface area contributed by atoms with Gasteiger partial charge in [-0.15, -0.1) is 0 Å². The van der Waals surface area contributed by atoms with Crippen molar-refractivity contribution in [2.75, 3.05) is 0 Å². The number of unbranched alkanes of at least 4 members (excludes halogenated alkanes) is 9. The molecule has 1 N–H and O–H groups in total. The minimum absolute atomic E-state index is 0.128. The summed E-state index contributed by atoms with van der Waals surface area (Å²) < 4.78 is -0.128. The summed E-state index contributed by atoms with van der Waals surface area (Å²) in [5.74, 6) is 0. The molecule has 0 aromatic heterocycles. The Kier molecular flexibility index (Phi) is 13.3. The van der Waals surface area contributed by atoms with E-state index in [1.165, 1.54) is 64.2 Å². The number of rotatable bonds is 11. The first kappa shape index (κ1) is 15.7. The van der Waals surface area contributed by atoms with Gasteiger partial charge in [0.25, 0.3) is 0 Å². The first-order valence-corrected chi connectivity index (χ1v) is 7.84. The van der Waals surface area contributed by atoms with Gasteiger partial charge < -0.3 is 5.11 Å². The molecule has 0 spiro atoms. The lowest BCUT2D eigenvalue weighted by atomic mass is 10.1. The molecule has 0 rings (SSSR count). The molecular formula is C13H27IO. The van der Waals surface area contributed by atoms with Gasteiger partial charge >= 0.3 is 0 Å². The fraction of sp³-hybridized carbons (Fsp3) is 1.00. The minimum atomic E-state index is -0.128. The van der Waals surface area contributed by atoms with Crippen LogP contribution in [-0.2, 0) is 0 Å². The van der Waals surface area contributed by atoms with Crippen molar-refractivity contribution in [2.24, 2.45) is 0 Å². The third kappa shape index (κ3) is 14.7. The Morgan fingerprint density at radius 1 is 0.800 bits per heavy atom. The second-order valence-electron chi connectivity index (χ2n) is 4.41. The number of aliphatic hydroxyl groups is 1. The van der Waals surface area contributed by atoms with Gasteiger partial charge in [0.2, 0.25) is 0 Å². The van der Waals surface area contributed by atoms with Crippen molar-refractivity contribution in [3.05, 3.63) is 0 Å². The lowest BCUT2D eigenvalue weighted by molar-refractivity contribution is 0.263. The average molecular weight is 326 g/mol. The molecule has 1 atom stereocenters. The van der Waals surface area contributed by atoms with Gasteiger partial charge in [0.15, 0.2) is 0 Å². The summed E-state index contributed by atoms with van der Waals surface area (Å²) in [5, 5.41) is 9.06. The van der Waals surface area contributed by atoms with E-state index in [0.29, 0.717) is 0 Å². The summed E-state index contributed by atoms with van der Waals surface area (Å²) in [6, 6.07) is 0. The van der Waals surface area contributed by atoms with Gasteiger partial charge in [-0.2, -0.15) is 0 Å². The molecule has 0 aliphatic heterocycles. The maximum atomic E-state index is 9.06. The van der Waals surface area contributed by atoms with Crippen LogP contribution in [0, 0.1) is 0 Å². The van der Waals surface area contributed by atoms with Gasteiger partial charge in [-0.3, -0.25) is 0 Å². The third-order valence-corrected chi connectivity index (χ3v) is 3.42. The van der Waals surface area contributed by atoms with E-state index in [9.17, 15) is 0 Å². The Balaban J connectivity index is 2.87. The third-order valence-electron chi connectivity index (χ3n) is 2.80. The highest BCUT2D eigenvalue weighted by molar-refractivity contribution is 14.1. The standard InChI is InChI=1S/C13H27IO/c1-2-3-4-5-6-7-8-9-10-11-12-13(14)15/h13,15H,2-12H2,1H3. The van der Waals surface area contributed by atoms with Crippen LogP contribution >= 0.6 is 22.6 Å². The highest BCUT2D eigenvalue weighted by Crippen LogP contribution is 2.13. The van der Waals surface area contributed by atoms with Gasteiger partial charge in [-0.25, -0.2) is 0 Å². The first-order valence-electron chi connectivity index (χ1n) is 6.59. The number of aliphatic hydroxyl groups excluding tert-OH is 1. The Morgan fingerprint density at radius 2 is 1.20 bits per heavy atom. The molecule has 0 aliphatic carbocycles. The minimum Gasteiger partial charge on any atom is -0.383 e. The Morgan fingerprint density at radius 3 is 1.60 bits per heavy atom. The quantitative estimate of drug-likeness (QED) is 0.320. The molecule has 2 heteroatoms. The summed E-state index contributed by atoms with van der Waals surface area (Å²) in [5.41, 5.74) is 0. The van der Waals surface area contributed by atoms with Crippen molar-refractivity contribution in [3.8, 4) is 0 Å². The van der Waals surface area contributed by atoms with Crippen molar-refractivity contribution in [1.29, 1.82) is 0 Å². The highest BCUT2D eigenvalue weighted by atomic mass is 127. The predicted molar refractivity (Wildman–Crippen MR) is 76.5 cm³/mol. The lowest BCUT2D eigenvalue weighted by Crippen LogP contribution is -1.93. The molecule has 0 bridgehead atoms. The van der Waals surface area contributed by atoms with Crippen molar-refractivity contribution < 1.29 is 5.11 Å². The summed E-state index contributed by atoms with van der Waals surface area (Å²) in [6.07, 6.45) is 14.7. The summed E-state index contributed by atoms with van der Waals surface area (Å²) in [7, 11) is 0. The zero-order chi connectivity index (χ0) is 11.4. The smallest absolute Gasteiger partial charge is 0.105 e. The Hall–Kier alpha value is 0.690. The van der Waals surface area contributed by atoms with Crippen LogP contribution in [0.25, 0.3) is 0 Å². The zero-order valence-electron chi connectivity index (χ0n) is 10.2. The average Bonchev–Trinajstić information content (AvgIpc) is 2.20. The molecular weight excluding hydrogens is 299 g/mol. The van der Waals surface area contributed by atoms with Crippen molar-refractivity contribution in [1.82, 2.24) is 0 Å². The van der Waals surface area contributed by atoms with E-state index in [4.69, 9.17) is 5.11 Å². The van der Waals surface area contributed by atoms with Crippen LogP contribution < -0.4 is 0 Å². The van der Waals surface area contributed by atoms with Gasteiger partial charge in [0.05, 0.1) is 0 Å². The number of alkyl halides is 1. The van der Waals surface area contributed by atoms with Crippen molar-refractivity contribution >= 4 is 22.6 Å². The second kappa shape index (κ2) is 12.8. The molecule has 0 aromatic rings. The van der Waals surface area contributed by atoms with E-state index in [1.54, 1.807) is 0 Å². The van der Waals surface area contributed by atoms with Crippen LogP contribution in [-0.4, -0.2) is 9.22 Å². The zero-order valence-corrected chi connectivity index (χ0v) is 12.3. The molecule has 15 heavy (non-hydrogen) atoms. The maximum absolute atomic E-state index is 9.06. The van der Waals surface area contributed by atoms with E-state index < -0.39 is 0 Å². The molecule has 0 amide bonds. The van der Waals surface area contributed by atoms with Crippen molar-refractivity contribution in [3.63, 3.8) is 0 Å². The number of hydrogen-bond donors (Lipinski definition) is 1. The molecule has 0 aliphatic rings.